The molecule has 0 spiro atoms. The van der Waals surface area contributed by atoms with Gasteiger partial charge in [0.2, 0.25) is 11.8 Å². The smallest absolute Gasteiger partial charge is 0.329 e. The van der Waals surface area contributed by atoms with Gasteiger partial charge in [-0.3, -0.25) is 9.59 Å². The van der Waals surface area contributed by atoms with Crippen molar-refractivity contribution in [2.75, 3.05) is 16.8 Å². The highest BCUT2D eigenvalue weighted by Crippen LogP contribution is 2.34. The number of aliphatic carboxylic acids is 1. The number of nitrogens with one attached hydrogen (secondary N) is 2. The standard InChI is InChI=1S/C16H17FN2O4S/c17-9-1-2-10-11(8-13(20)18-12(10)7-9)14(21)19-16(15(22)23)3-5-24-6-4-16/h1-2,7,11H,3-6,8H2,(H,18,20)(H,19,21)(H,22,23). The van der Waals surface area contributed by atoms with Gasteiger partial charge in [-0.15, -0.1) is 0 Å². The lowest BCUT2D eigenvalue weighted by atomic mass is 9.86. The SMILES string of the molecule is O=C1CC(C(=O)NC2(C(=O)O)CCSCC2)c2ccc(F)cc2N1. The molecule has 1 atom stereocenters. The highest BCUT2D eigenvalue weighted by Gasteiger charge is 2.43. The number of carbonyl (C=O) groups excluding carboxylic acids is 2. The average molecular weight is 352 g/mol. The van der Waals surface area contributed by atoms with Gasteiger partial charge in [-0.2, -0.15) is 11.8 Å². The van der Waals surface area contributed by atoms with Crippen LogP contribution in [0, 0.1) is 5.82 Å². The van der Waals surface area contributed by atoms with Crippen LogP contribution < -0.4 is 10.6 Å². The Morgan fingerprint density at radius 2 is 2.04 bits per heavy atom. The van der Waals surface area contributed by atoms with E-state index in [1.165, 1.54) is 12.1 Å². The molecule has 0 bridgehead atoms. The summed E-state index contributed by atoms with van der Waals surface area (Å²) in [6.45, 7) is 0. The first-order chi connectivity index (χ1) is 11.4. The maximum Gasteiger partial charge on any atom is 0.329 e. The third-order valence-electron chi connectivity index (χ3n) is 4.49. The zero-order valence-electron chi connectivity index (χ0n) is 12.8. The summed E-state index contributed by atoms with van der Waals surface area (Å²) in [6, 6.07) is 3.84. The first-order valence-corrected chi connectivity index (χ1v) is 8.79. The van der Waals surface area contributed by atoms with Gasteiger partial charge >= 0.3 is 5.97 Å². The van der Waals surface area contributed by atoms with E-state index in [4.69, 9.17) is 0 Å². The number of carbonyl (C=O) groups is 3. The van der Waals surface area contributed by atoms with Gasteiger partial charge in [-0.25, -0.2) is 9.18 Å². The van der Waals surface area contributed by atoms with E-state index in [0.717, 1.165) is 6.07 Å². The molecule has 128 valence electrons. The van der Waals surface area contributed by atoms with E-state index in [9.17, 15) is 23.9 Å². The molecule has 0 aromatic heterocycles. The van der Waals surface area contributed by atoms with E-state index in [2.05, 4.69) is 10.6 Å². The predicted octanol–water partition coefficient (Wildman–Crippen LogP) is 1.72. The van der Waals surface area contributed by atoms with E-state index in [0.29, 0.717) is 29.9 Å². The van der Waals surface area contributed by atoms with Gasteiger partial charge in [0.25, 0.3) is 0 Å². The Morgan fingerprint density at radius 1 is 1.33 bits per heavy atom. The molecule has 2 amide bonds. The summed E-state index contributed by atoms with van der Waals surface area (Å²) < 4.78 is 13.4. The van der Waals surface area contributed by atoms with E-state index < -0.39 is 35.1 Å². The van der Waals surface area contributed by atoms with E-state index in [1.807, 2.05) is 0 Å². The average Bonchev–Trinajstić information content (AvgIpc) is 2.54. The van der Waals surface area contributed by atoms with Crippen molar-refractivity contribution in [2.24, 2.45) is 0 Å². The molecule has 1 saturated heterocycles. The van der Waals surface area contributed by atoms with Gasteiger partial charge < -0.3 is 15.7 Å². The van der Waals surface area contributed by atoms with Crippen LogP contribution in [0.15, 0.2) is 18.2 Å². The van der Waals surface area contributed by atoms with E-state index >= 15 is 0 Å². The number of thioether (sulfide) groups is 1. The largest absolute Gasteiger partial charge is 0.480 e. The lowest BCUT2D eigenvalue weighted by Gasteiger charge is -2.35. The summed E-state index contributed by atoms with van der Waals surface area (Å²) in [5.74, 6) is -1.99. The van der Waals surface area contributed by atoms with Crippen molar-refractivity contribution in [1.82, 2.24) is 5.32 Å². The van der Waals surface area contributed by atoms with Crippen LogP contribution in [-0.2, 0) is 14.4 Å². The molecule has 1 aromatic rings. The fourth-order valence-corrected chi connectivity index (χ4v) is 4.30. The number of rotatable bonds is 3. The van der Waals surface area contributed by atoms with Crippen molar-refractivity contribution >= 4 is 35.2 Å². The van der Waals surface area contributed by atoms with Gasteiger partial charge in [0.05, 0.1) is 5.92 Å². The molecule has 0 radical (unpaired) electrons. The highest BCUT2D eigenvalue weighted by atomic mass is 32.2. The number of fused-ring (bicyclic) bond motifs is 1. The summed E-state index contributed by atoms with van der Waals surface area (Å²) in [7, 11) is 0. The second-order valence-corrected chi connectivity index (χ2v) is 7.25. The van der Waals surface area contributed by atoms with Gasteiger partial charge in [0.1, 0.15) is 11.4 Å². The van der Waals surface area contributed by atoms with Crippen molar-refractivity contribution in [1.29, 1.82) is 0 Å². The number of hydrogen-bond donors (Lipinski definition) is 3. The fraction of sp³-hybridized carbons (Fsp3) is 0.438. The predicted molar refractivity (Wildman–Crippen MR) is 87.5 cm³/mol. The van der Waals surface area contributed by atoms with Crippen molar-refractivity contribution in [2.45, 2.75) is 30.7 Å². The zero-order valence-corrected chi connectivity index (χ0v) is 13.6. The molecule has 24 heavy (non-hydrogen) atoms. The highest BCUT2D eigenvalue weighted by molar-refractivity contribution is 7.99. The molecule has 1 unspecified atom stereocenters. The van der Waals surface area contributed by atoms with Crippen LogP contribution in [0.3, 0.4) is 0 Å². The van der Waals surface area contributed by atoms with E-state index in [1.54, 1.807) is 11.8 Å². The van der Waals surface area contributed by atoms with Crippen LogP contribution >= 0.6 is 11.8 Å². The normalized spacial score (nSPS) is 22.2. The molecule has 2 heterocycles. The lowest BCUT2D eigenvalue weighted by molar-refractivity contribution is -0.148. The Hall–Kier alpha value is -2.09. The van der Waals surface area contributed by atoms with Crippen LogP contribution in [0.1, 0.15) is 30.7 Å². The van der Waals surface area contributed by atoms with Gasteiger partial charge in [0, 0.05) is 12.1 Å². The minimum Gasteiger partial charge on any atom is -0.480 e. The van der Waals surface area contributed by atoms with Crippen LogP contribution in [-0.4, -0.2) is 39.9 Å². The molecule has 0 saturated carbocycles. The first kappa shape index (κ1) is 16.8. The monoisotopic (exact) mass is 352 g/mol. The molecular weight excluding hydrogens is 335 g/mol. The Balaban J connectivity index is 1.87. The molecule has 2 aliphatic rings. The van der Waals surface area contributed by atoms with Crippen LogP contribution in [0.4, 0.5) is 10.1 Å². The van der Waals surface area contributed by atoms with Crippen LogP contribution in [0.2, 0.25) is 0 Å². The topological polar surface area (TPSA) is 95.5 Å². The number of amides is 2. The molecule has 1 aromatic carbocycles. The van der Waals surface area contributed by atoms with E-state index in [-0.39, 0.29) is 12.1 Å². The van der Waals surface area contributed by atoms with Crippen molar-refractivity contribution in [3.05, 3.63) is 29.6 Å². The Labute approximate surface area is 142 Å². The van der Waals surface area contributed by atoms with Gasteiger partial charge in [-0.1, -0.05) is 6.07 Å². The molecule has 6 nitrogen and oxygen atoms in total. The molecule has 0 aliphatic carbocycles. The number of anilines is 1. The molecule has 3 rings (SSSR count). The minimum atomic E-state index is -1.30. The van der Waals surface area contributed by atoms with Crippen LogP contribution in [0.25, 0.3) is 0 Å². The second-order valence-electron chi connectivity index (χ2n) is 6.03. The zero-order chi connectivity index (χ0) is 17.3. The number of carboxylic acid groups (broad SMARTS) is 1. The number of carboxylic acids is 1. The maximum absolute atomic E-state index is 13.4. The lowest BCUT2D eigenvalue weighted by Crippen LogP contribution is -2.57. The maximum atomic E-state index is 13.4. The summed E-state index contributed by atoms with van der Waals surface area (Å²) in [5.41, 5.74) is -0.537. The second kappa shape index (κ2) is 6.43. The molecule has 1 fully saturated rings. The third kappa shape index (κ3) is 3.10. The first-order valence-electron chi connectivity index (χ1n) is 7.64. The summed E-state index contributed by atoms with van der Waals surface area (Å²) >= 11 is 1.65. The summed E-state index contributed by atoms with van der Waals surface area (Å²) in [6.07, 6.45) is 0.594. The van der Waals surface area contributed by atoms with Crippen LogP contribution in [0.5, 0.6) is 0 Å². The Morgan fingerprint density at radius 3 is 2.71 bits per heavy atom. The van der Waals surface area contributed by atoms with Crippen molar-refractivity contribution in [3.63, 3.8) is 0 Å². The number of halogens is 1. The summed E-state index contributed by atoms with van der Waals surface area (Å²) in [5, 5.41) is 14.8. The molecule has 8 heteroatoms. The van der Waals surface area contributed by atoms with Crippen molar-refractivity contribution < 1.29 is 23.9 Å². The number of hydrogen-bond acceptors (Lipinski definition) is 4. The van der Waals surface area contributed by atoms with Crippen molar-refractivity contribution in [3.8, 4) is 0 Å². The minimum absolute atomic E-state index is 0.0884. The molecule has 2 aliphatic heterocycles. The van der Waals surface area contributed by atoms with Gasteiger partial charge in [0.15, 0.2) is 0 Å². The molecular formula is C16H17FN2O4S. The van der Waals surface area contributed by atoms with Gasteiger partial charge in [-0.05, 0) is 42.0 Å². The Bertz CT molecular complexity index is 703. The Kier molecular flexibility index (Phi) is 4.49. The number of benzene rings is 1. The molecule has 3 N–H and O–H groups in total. The quantitative estimate of drug-likeness (QED) is 0.770. The third-order valence-corrected chi connectivity index (χ3v) is 5.47. The summed E-state index contributed by atoms with van der Waals surface area (Å²) in [4.78, 5) is 36.2. The fourth-order valence-electron chi connectivity index (χ4n) is 3.11.